The van der Waals surface area contributed by atoms with Gasteiger partial charge in [-0.15, -0.1) is 0 Å². The third-order valence-corrected chi connectivity index (χ3v) is 3.71. The number of aromatic nitrogens is 1. The number of aryl methyl sites for hydroxylation is 1. The van der Waals surface area contributed by atoms with Crippen LogP contribution in [0.2, 0.25) is 0 Å². The summed E-state index contributed by atoms with van der Waals surface area (Å²) in [5, 5.41) is 12.4. The molecule has 2 N–H and O–H groups in total. The molecule has 0 spiro atoms. The first-order valence-corrected chi connectivity index (χ1v) is 7.24. The lowest BCUT2D eigenvalue weighted by atomic mass is 9.86. The van der Waals surface area contributed by atoms with Gasteiger partial charge in [-0.1, -0.05) is 20.8 Å². The Hall–Kier alpha value is -2.08. The molecule has 120 valence electrons. The summed E-state index contributed by atoms with van der Waals surface area (Å²) in [5.41, 5.74) is 1.80. The van der Waals surface area contributed by atoms with E-state index >= 15 is 0 Å². The number of oxazole rings is 1. The SMILES string of the molecule is Cc1nc2ccc(NC(=O)N(C)C(CO)C(C)(C)C)cc2o1. The molecule has 0 radical (unpaired) electrons. The van der Waals surface area contributed by atoms with Gasteiger partial charge in [0.15, 0.2) is 11.5 Å². The number of fused-ring (bicyclic) bond motifs is 1. The van der Waals surface area contributed by atoms with Crippen LogP contribution in [0.3, 0.4) is 0 Å². The molecule has 1 unspecified atom stereocenters. The molecule has 0 bridgehead atoms. The fourth-order valence-corrected chi connectivity index (χ4v) is 2.45. The van der Waals surface area contributed by atoms with E-state index in [2.05, 4.69) is 10.3 Å². The third-order valence-electron chi connectivity index (χ3n) is 3.71. The molecule has 2 aromatic rings. The molecule has 22 heavy (non-hydrogen) atoms. The van der Waals surface area contributed by atoms with Crippen molar-refractivity contribution in [2.45, 2.75) is 33.7 Å². The van der Waals surface area contributed by atoms with Gasteiger partial charge in [0.05, 0.1) is 12.6 Å². The lowest BCUT2D eigenvalue weighted by Gasteiger charge is -2.36. The molecule has 2 rings (SSSR count). The van der Waals surface area contributed by atoms with Gasteiger partial charge >= 0.3 is 6.03 Å². The summed E-state index contributed by atoms with van der Waals surface area (Å²) < 4.78 is 5.46. The van der Waals surface area contributed by atoms with Crippen LogP contribution in [-0.4, -0.2) is 40.7 Å². The lowest BCUT2D eigenvalue weighted by Crippen LogP contribution is -2.48. The quantitative estimate of drug-likeness (QED) is 0.913. The van der Waals surface area contributed by atoms with Crippen molar-refractivity contribution in [2.24, 2.45) is 5.41 Å². The second-order valence-corrected chi connectivity index (χ2v) is 6.52. The third kappa shape index (κ3) is 3.39. The highest BCUT2D eigenvalue weighted by Gasteiger charge is 2.30. The highest BCUT2D eigenvalue weighted by molar-refractivity contribution is 5.91. The Morgan fingerprint density at radius 2 is 2.14 bits per heavy atom. The van der Waals surface area contributed by atoms with Gasteiger partial charge in [0, 0.05) is 25.7 Å². The van der Waals surface area contributed by atoms with Crippen molar-refractivity contribution in [3.8, 4) is 0 Å². The number of carbonyl (C=O) groups is 1. The van der Waals surface area contributed by atoms with Crippen LogP contribution in [-0.2, 0) is 0 Å². The van der Waals surface area contributed by atoms with Crippen molar-refractivity contribution in [3.05, 3.63) is 24.1 Å². The van der Waals surface area contributed by atoms with Gasteiger partial charge in [0.1, 0.15) is 5.52 Å². The zero-order valence-electron chi connectivity index (χ0n) is 13.7. The Balaban J connectivity index is 2.15. The van der Waals surface area contributed by atoms with Crippen LogP contribution < -0.4 is 5.32 Å². The minimum atomic E-state index is -0.274. The molecular weight excluding hydrogens is 282 g/mol. The van der Waals surface area contributed by atoms with Gasteiger partial charge in [-0.2, -0.15) is 0 Å². The number of nitrogens with one attached hydrogen (secondary N) is 1. The summed E-state index contributed by atoms with van der Waals surface area (Å²) in [6, 6.07) is 4.77. The van der Waals surface area contributed by atoms with Crippen molar-refractivity contribution in [1.29, 1.82) is 0 Å². The second kappa shape index (κ2) is 5.96. The van der Waals surface area contributed by atoms with Crippen LogP contribution in [0.25, 0.3) is 11.1 Å². The van der Waals surface area contributed by atoms with E-state index in [1.54, 1.807) is 32.2 Å². The number of amides is 2. The zero-order chi connectivity index (χ0) is 16.5. The molecule has 1 heterocycles. The molecule has 0 saturated heterocycles. The maximum absolute atomic E-state index is 12.4. The van der Waals surface area contributed by atoms with Crippen LogP contribution >= 0.6 is 0 Å². The van der Waals surface area contributed by atoms with Crippen molar-refractivity contribution in [2.75, 3.05) is 19.0 Å². The number of anilines is 1. The fraction of sp³-hybridized carbons (Fsp3) is 0.500. The van der Waals surface area contributed by atoms with E-state index < -0.39 is 0 Å². The summed E-state index contributed by atoms with van der Waals surface area (Å²) in [7, 11) is 1.68. The number of aliphatic hydroxyl groups is 1. The summed E-state index contributed by atoms with van der Waals surface area (Å²) >= 11 is 0. The summed E-state index contributed by atoms with van der Waals surface area (Å²) in [6.45, 7) is 7.65. The molecule has 6 nitrogen and oxygen atoms in total. The van der Waals surface area contributed by atoms with Crippen LogP contribution in [0, 0.1) is 12.3 Å². The molecule has 0 aliphatic rings. The van der Waals surface area contributed by atoms with Crippen molar-refractivity contribution in [3.63, 3.8) is 0 Å². The number of hydrogen-bond donors (Lipinski definition) is 2. The zero-order valence-corrected chi connectivity index (χ0v) is 13.7. The molecule has 0 aliphatic heterocycles. The first-order valence-electron chi connectivity index (χ1n) is 7.24. The summed E-state index contributed by atoms with van der Waals surface area (Å²) in [5.74, 6) is 0.587. The highest BCUT2D eigenvalue weighted by Crippen LogP contribution is 2.24. The Labute approximate surface area is 130 Å². The summed E-state index contributed by atoms with van der Waals surface area (Å²) in [6.07, 6.45) is 0. The van der Waals surface area contributed by atoms with E-state index in [9.17, 15) is 9.90 Å². The van der Waals surface area contributed by atoms with E-state index in [0.717, 1.165) is 5.52 Å². The number of urea groups is 1. The van der Waals surface area contributed by atoms with Crippen molar-refractivity contribution in [1.82, 2.24) is 9.88 Å². The highest BCUT2D eigenvalue weighted by atomic mass is 16.3. The Morgan fingerprint density at radius 3 is 2.73 bits per heavy atom. The first kappa shape index (κ1) is 16.3. The van der Waals surface area contributed by atoms with Crippen molar-refractivity contribution >= 4 is 22.8 Å². The van der Waals surface area contributed by atoms with E-state index in [1.807, 2.05) is 20.8 Å². The van der Waals surface area contributed by atoms with Gasteiger partial charge in [-0.25, -0.2) is 9.78 Å². The maximum Gasteiger partial charge on any atom is 0.321 e. The number of rotatable bonds is 3. The van der Waals surface area contributed by atoms with Crippen LogP contribution in [0.1, 0.15) is 26.7 Å². The Bertz CT molecular complexity index is 673. The maximum atomic E-state index is 12.4. The standard InChI is InChI=1S/C16H23N3O3/c1-10-17-12-7-6-11(8-13(12)22-10)18-15(21)19(5)14(9-20)16(2,3)4/h6-8,14,20H,9H2,1-5H3,(H,18,21). The Morgan fingerprint density at radius 1 is 1.45 bits per heavy atom. The molecule has 1 aromatic heterocycles. The fourth-order valence-electron chi connectivity index (χ4n) is 2.45. The molecule has 1 aromatic carbocycles. The Kier molecular flexibility index (Phi) is 4.42. The number of carbonyl (C=O) groups excluding carboxylic acids is 1. The topological polar surface area (TPSA) is 78.6 Å². The van der Waals surface area contributed by atoms with E-state index in [4.69, 9.17) is 4.42 Å². The van der Waals surface area contributed by atoms with Gasteiger partial charge in [0.25, 0.3) is 0 Å². The molecular formula is C16H23N3O3. The minimum absolute atomic E-state index is 0.0895. The number of benzene rings is 1. The largest absolute Gasteiger partial charge is 0.441 e. The molecule has 0 fully saturated rings. The molecule has 1 atom stereocenters. The first-order chi connectivity index (χ1) is 10.2. The number of nitrogens with zero attached hydrogens (tertiary/aromatic N) is 2. The number of aliphatic hydroxyl groups excluding tert-OH is 1. The van der Waals surface area contributed by atoms with Crippen molar-refractivity contribution < 1.29 is 14.3 Å². The predicted molar refractivity (Wildman–Crippen MR) is 85.9 cm³/mol. The second-order valence-electron chi connectivity index (χ2n) is 6.52. The van der Waals surface area contributed by atoms with Gasteiger partial charge in [0.2, 0.25) is 0 Å². The number of likely N-dealkylation sites (N-methyl/N-ethyl adjacent to an activating group) is 1. The molecule has 0 aliphatic carbocycles. The molecule has 0 saturated carbocycles. The number of hydrogen-bond acceptors (Lipinski definition) is 4. The van der Waals surface area contributed by atoms with Gasteiger partial charge in [-0.3, -0.25) is 0 Å². The molecule has 2 amide bonds. The van der Waals surface area contributed by atoms with E-state index in [-0.39, 0.29) is 24.1 Å². The van der Waals surface area contributed by atoms with E-state index in [1.165, 1.54) is 4.90 Å². The minimum Gasteiger partial charge on any atom is -0.441 e. The van der Waals surface area contributed by atoms with E-state index in [0.29, 0.717) is 17.2 Å². The summed E-state index contributed by atoms with van der Waals surface area (Å²) in [4.78, 5) is 18.1. The van der Waals surface area contributed by atoms with Crippen LogP contribution in [0.4, 0.5) is 10.5 Å². The normalized spacial score (nSPS) is 13.2. The smallest absolute Gasteiger partial charge is 0.321 e. The van der Waals surface area contributed by atoms with Gasteiger partial charge < -0.3 is 19.7 Å². The lowest BCUT2D eigenvalue weighted by molar-refractivity contribution is 0.0886. The average molecular weight is 305 g/mol. The van der Waals surface area contributed by atoms with Crippen LogP contribution in [0.15, 0.2) is 22.6 Å². The average Bonchev–Trinajstić information content (AvgIpc) is 2.77. The molecule has 6 heteroatoms. The van der Waals surface area contributed by atoms with Crippen LogP contribution in [0.5, 0.6) is 0 Å². The van der Waals surface area contributed by atoms with Gasteiger partial charge in [-0.05, 0) is 17.5 Å². The monoisotopic (exact) mass is 305 g/mol. The predicted octanol–water partition coefficient (Wildman–Crippen LogP) is 3.01.